The Morgan fingerprint density at radius 2 is 1.52 bits per heavy atom. The first kappa shape index (κ1) is 15.3. The van der Waals surface area contributed by atoms with Gasteiger partial charge in [-0.15, -0.1) is 0 Å². The van der Waals surface area contributed by atoms with Gasteiger partial charge in [-0.1, -0.05) is 48.5 Å². The highest BCUT2D eigenvalue weighted by atomic mass is 79.9. The van der Waals surface area contributed by atoms with E-state index in [1.807, 2.05) is 30.3 Å². The van der Waals surface area contributed by atoms with E-state index in [0.717, 1.165) is 5.56 Å². The molecule has 0 fully saturated rings. The smallest absolute Gasteiger partial charge is 0.341 e. The average Bonchev–Trinajstić information content (AvgIpc) is 2.49. The predicted octanol–water partition coefficient (Wildman–Crippen LogP) is 2.83. The third kappa shape index (κ3) is 3.92. The second kappa shape index (κ2) is 6.54. The summed E-state index contributed by atoms with van der Waals surface area (Å²) in [6.07, 6.45) is 0.141. The molecule has 4 nitrogen and oxygen atoms in total. The summed E-state index contributed by atoms with van der Waals surface area (Å²) in [7, 11) is 0. The summed E-state index contributed by atoms with van der Waals surface area (Å²) in [4.78, 5) is 23.7. The van der Waals surface area contributed by atoms with Gasteiger partial charge >= 0.3 is 5.97 Å². The van der Waals surface area contributed by atoms with Gasteiger partial charge in [0.2, 0.25) is 0 Å². The standard InChI is InChI=1S/C16H14BrNO3/c17-16(15(20)21,11-12-7-3-1-4-8-12)18-14(19)13-9-5-2-6-10-13/h1-10H,11H2,(H,18,19)(H,20,21). The molecule has 0 aromatic heterocycles. The van der Waals surface area contributed by atoms with Crippen molar-refractivity contribution in [1.29, 1.82) is 0 Å². The van der Waals surface area contributed by atoms with Gasteiger partial charge in [-0.05, 0) is 33.6 Å². The first-order chi connectivity index (χ1) is 10.0. The fourth-order valence-electron chi connectivity index (χ4n) is 1.89. The van der Waals surface area contributed by atoms with E-state index < -0.39 is 16.3 Å². The van der Waals surface area contributed by atoms with Crippen molar-refractivity contribution < 1.29 is 14.7 Å². The summed E-state index contributed by atoms with van der Waals surface area (Å²) in [5, 5.41) is 12.0. The van der Waals surface area contributed by atoms with Crippen LogP contribution in [-0.4, -0.2) is 21.4 Å². The van der Waals surface area contributed by atoms with Crippen LogP contribution in [0.3, 0.4) is 0 Å². The normalized spacial score (nSPS) is 13.2. The number of rotatable bonds is 5. The average molecular weight is 348 g/mol. The molecule has 21 heavy (non-hydrogen) atoms. The van der Waals surface area contributed by atoms with Gasteiger partial charge in [0.15, 0.2) is 4.45 Å². The van der Waals surface area contributed by atoms with E-state index in [4.69, 9.17) is 0 Å². The van der Waals surface area contributed by atoms with Gasteiger partial charge < -0.3 is 10.4 Å². The number of carbonyl (C=O) groups excluding carboxylic acids is 1. The number of amides is 1. The topological polar surface area (TPSA) is 66.4 Å². The molecule has 0 aliphatic heterocycles. The van der Waals surface area contributed by atoms with E-state index in [-0.39, 0.29) is 6.42 Å². The van der Waals surface area contributed by atoms with Crippen molar-refractivity contribution in [2.24, 2.45) is 0 Å². The quantitative estimate of drug-likeness (QED) is 0.645. The van der Waals surface area contributed by atoms with Crippen LogP contribution in [0.5, 0.6) is 0 Å². The zero-order chi connectivity index (χ0) is 15.3. The third-order valence-corrected chi connectivity index (χ3v) is 3.79. The molecule has 0 heterocycles. The minimum atomic E-state index is -1.54. The molecule has 2 N–H and O–H groups in total. The summed E-state index contributed by atoms with van der Waals surface area (Å²) in [5.41, 5.74) is 1.22. The van der Waals surface area contributed by atoms with Crippen LogP contribution in [0.4, 0.5) is 0 Å². The number of benzene rings is 2. The van der Waals surface area contributed by atoms with Crippen LogP contribution in [0, 0.1) is 0 Å². The lowest BCUT2D eigenvalue weighted by Gasteiger charge is -2.24. The zero-order valence-electron chi connectivity index (χ0n) is 11.1. The number of carboxylic acid groups (broad SMARTS) is 1. The van der Waals surface area contributed by atoms with Gasteiger partial charge in [0.25, 0.3) is 5.91 Å². The highest BCUT2D eigenvalue weighted by molar-refractivity contribution is 9.10. The van der Waals surface area contributed by atoms with Gasteiger partial charge in [0, 0.05) is 12.0 Å². The molecule has 0 bridgehead atoms. The lowest BCUT2D eigenvalue weighted by atomic mass is 10.1. The maximum Gasteiger partial charge on any atom is 0.341 e. The van der Waals surface area contributed by atoms with E-state index in [1.54, 1.807) is 30.3 Å². The van der Waals surface area contributed by atoms with Crippen molar-refractivity contribution in [2.45, 2.75) is 10.9 Å². The largest absolute Gasteiger partial charge is 0.479 e. The third-order valence-electron chi connectivity index (χ3n) is 2.98. The van der Waals surface area contributed by atoms with Crippen molar-refractivity contribution in [1.82, 2.24) is 5.32 Å². The summed E-state index contributed by atoms with van der Waals surface area (Å²) in [5.74, 6) is -1.58. The van der Waals surface area contributed by atoms with Gasteiger partial charge in [0.1, 0.15) is 0 Å². The SMILES string of the molecule is O=C(NC(Br)(Cc1ccccc1)C(=O)O)c1ccccc1. The fourth-order valence-corrected chi connectivity index (χ4v) is 2.40. The molecule has 1 unspecified atom stereocenters. The van der Waals surface area contributed by atoms with Crippen molar-refractivity contribution in [2.75, 3.05) is 0 Å². The van der Waals surface area contributed by atoms with Gasteiger partial charge in [-0.3, -0.25) is 4.79 Å². The Kier molecular flexibility index (Phi) is 4.75. The number of aliphatic carboxylic acids is 1. The van der Waals surface area contributed by atoms with Crippen molar-refractivity contribution >= 4 is 27.8 Å². The summed E-state index contributed by atoms with van der Waals surface area (Å²) < 4.78 is -1.54. The van der Waals surface area contributed by atoms with Crippen LogP contribution >= 0.6 is 15.9 Å². The van der Waals surface area contributed by atoms with Crippen LogP contribution < -0.4 is 5.32 Å². The zero-order valence-corrected chi connectivity index (χ0v) is 12.7. The maximum atomic E-state index is 12.2. The van der Waals surface area contributed by atoms with Gasteiger partial charge in [0.05, 0.1) is 0 Å². The number of hydrogen-bond donors (Lipinski definition) is 2. The molecule has 0 aliphatic rings. The molecule has 0 spiro atoms. The lowest BCUT2D eigenvalue weighted by Crippen LogP contribution is -2.51. The van der Waals surface area contributed by atoms with Crippen LogP contribution in [0.1, 0.15) is 15.9 Å². The summed E-state index contributed by atoms with van der Waals surface area (Å²) in [6.45, 7) is 0. The first-order valence-corrected chi connectivity index (χ1v) is 7.14. The molecule has 0 aliphatic carbocycles. The Morgan fingerprint density at radius 1 is 1.00 bits per heavy atom. The van der Waals surface area contributed by atoms with E-state index >= 15 is 0 Å². The lowest BCUT2D eigenvalue weighted by molar-refractivity contribution is -0.140. The number of carboxylic acids is 1. The predicted molar refractivity (Wildman–Crippen MR) is 83.3 cm³/mol. The fraction of sp³-hybridized carbons (Fsp3) is 0.125. The summed E-state index contributed by atoms with van der Waals surface area (Å²) >= 11 is 3.15. The Hall–Kier alpha value is -2.14. The molecule has 2 aromatic carbocycles. The Balaban J connectivity index is 2.19. The highest BCUT2D eigenvalue weighted by Gasteiger charge is 2.37. The molecule has 1 atom stereocenters. The van der Waals surface area contributed by atoms with E-state index in [1.165, 1.54) is 0 Å². The number of carbonyl (C=O) groups is 2. The maximum absolute atomic E-state index is 12.2. The number of hydrogen-bond acceptors (Lipinski definition) is 2. The second-order valence-electron chi connectivity index (χ2n) is 4.59. The van der Waals surface area contributed by atoms with Gasteiger partial charge in [-0.2, -0.15) is 0 Å². The Labute approximate surface area is 130 Å². The van der Waals surface area contributed by atoms with E-state index in [2.05, 4.69) is 21.2 Å². The highest BCUT2D eigenvalue weighted by Crippen LogP contribution is 2.22. The number of halogens is 1. The van der Waals surface area contributed by atoms with Crippen LogP contribution in [0.2, 0.25) is 0 Å². The Morgan fingerprint density at radius 3 is 2.05 bits per heavy atom. The van der Waals surface area contributed by atoms with Gasteiger partial charge in [-0.25, -0.2) is 4.79 Å². The minimum Gasteiger partial charge on any atom is -0.479 e. The van der Waals surface area contributed by atoms with E-state index in [0.29, 0.717) is 5.56 Å². The summed E-state index contributed by atoms with van der Waals surface area (Å²) in [6, 6.07) is 17.6. The van der Waals surface area contributed by atoms with E-state index in [9.17, 15) is 14.7 Å². The van der Waals surface area contributed by atoms with Crippen LogP contribution in [0.15, 0.2) is 60.7 Å². The van der Waals surface area contributed by atoms with Crippen molar-refractivity contribution in [3.05, 3.63) is 71.8 Å². The number of alkyl halides is 1. The molecule has 108 valence electrons. The monoisotopic (exact) mass is 347 g/mol. The minimum absolute atomic E-state index is 0.141. The molecular weight excluding hydrogens is 334 g/mol. The number of nitrogens with one attached hydrogen (secondary N) is 1. The first-order valence-electron chi connectivity index (χ1n) is 6.35. The van der Waals surface area contributed by atoms with Crippen LogP contribution in [0.25, 0.3) is 0 Å². The molecule has 5 heteroatoms. The second-order valence-corrected chi connectivity index (χ2v) is 5.94. The molecule has 0 saturated carbocycles. The molecular formula is C16H14BrNO3. The molecule has 0 radical (unpaired) electrons. The molecule has 1 amide bonds. The van der Waals surface area contributed by atoms with Crippen molar-refractivity contribution in [3.8, 4) is 0 Å². The molecule has 0 saturated heterocycles. The Bertz CT molecular complexity index is 630. The van der Waals surface area contributed by atoms with Crippen molar-refractivity contribution in [3.63, 3.8) is 0 Å². The molecule has 2 aromatic rings. The molecule has 2 rings (SSSR count). The van der Waals surface area contributed by atoms with Crippen LogP contribution in [-0.2, 0) is 11.2 Å².